The zero-order valence-electron chi connectivity index (χ0n) is 27.1. The summed E-state index contributed by atoms with van der Waals surface area (Å²) in [6.07, 6.45) is 0.132. The van der Waals surface area contributed by atoms with Gasteiger partial charge in [-0.3, -0.25) is 13.9 Å². The number of ether oxygens (including phenoxy) is 1. The van der Waals surface area contributed by atoms with E-state index in [2.05, 4.69) is 5.32 Å². The van der Waals surface area contributed by atoms with Crippen molar-refractivity contribution in [1.29, 1.82) is 0 Å². The summed E-state index contributed by atoms with van der Waals surface area (Å²) in [5, 5.41) is 3.64. The maximum atomic E-state index is 14.6. The lowest BCUT2D eigenvalue weighted by Gasteiger charge is -2.35. The van der Waals surface area contributed by atoms with Crippen LogP contribution in [0, 0.1) is 5.82 Å². The molecule has 0 radical (unpaired) electrons. The van der Waals surface area contributed by atoms with E-state index in [1.165, 1.54) is 23.1 Å². The van der Waals surface area contributed by atoms with Crippen molar-refractivity contribution >= 4 is 50.7 Å². The summed E-state index contributed by atoms with van der Waals surface area (Å²) >= 11 is 12.7. The first-order valence-electron chi connectivity index (χ1n) is 15.3. The average molecular weight is 715 g/mol. The van der Waals surface area contributed by atoms with Gasteiger partial charge >= 0.3 is 0 Å². The van der Waals surface area contributed by atoms with Gasteiger partial charge in [-0.15, -0.1) is 0 Å². The Bertz CT molecular complexity index is 1820. The summed E-state index contributed by atoms with van der Waals surface area (Å²) in [5.74, 6) is -1.21. The molecule has 8 nitrogen and oxygen atoms in total. The summed E-state index contributed by atoms with van der Waals surface area (Å²) in [7, 11) is -4.41. The molecule has 4 aromatic carbocycles. The summed E-state index contributed by atoms with van der Waals surface area (Å²) < 4.78 is 48.6. The Kier molecular flexibility index (Phi) is 12.1. The van der Waals surface area contributed by atoms with Crippen molar-refractivity contribution in [2.45, 2.75) is 57.1 Å². The lowest BCUT2D eigenvalue weighted by Crippen LogP contribution is -2.56. The van der Waals surface area contributed by atoms with E-state index in [1.54, 1.807) is 24.3 Å². The van der Waals surface area contributed by atoms with Crippen LogP contribution < -0.4 is 14.4 Å². The largest absolute Gasteiger partial charge is 0.494 e. The van der Waals surface area contributed by atoms with Crippen LogP contribution in [0.4, 0.5) is 10.1 Å². The normalized spacial score (nSPS) is 12.2. The molecule has 4 aromatic rings. The third-order valence-corrected chi connectivity index (χ3v) is 9.62. The van der Waals surface area contributed by atoms with Crippen LogP contribution in [-0.2, 0) is 32.6 Å². The maximum Gasteiger partial charge on any atom is 0.264 e. The van der Waals surface area contributed by atoms with Crippen LogP contribution in [0.25, 0.3) is 0 Å². The highest BCUT2D eigenvalue weighted by atomic mass is 35.5. The summed E-state index contributed by atoms with van der Waals surface area (Å²) in [6, 6.07) is 23.5. The molecule has 2 amide bonds. The number of nitrogens with zero attached hydrogens (tertiary/aromatic N) is 2. The van der Waals surface area contributed by atoms with Crippen molar-refractivity contribution < 1.29 is 27.1 Å². The summed E-state index contributed by atoms with van der Waals surface area (Å²) in [5.41, 5.74) is 0.817. The minimum absolute atomic E-state index is 0.127. The number of halogens is 3. The lowest BCUT2D eigenvalue weighted by atomic mass is 10.0. The molecule has 48 heavy (non-hydrogen) atoms. The topological polar surface area (TPSA) is 96.0 Å². The number of carbonyl (C=O) groups is 2. The van der Waals surface area contributed by atoms with Crippen molar-refractivity contribution in [3.8, 4) is 5.75 Å². The molecule has 254 valence electrons. The second-order valence-corrected chi connectivity index (χ2v) is 14.8. The predicted molar refractivity (Wildman–Crippen MR) is 187 cm³/mol. The molecule has 0 saturated heterocycles. The predicted octanol–water partition coefficient (Wildman–Crippen LogP) is 7.28. The Morgan fingerprint density at radius 2 is 1.56 bits per heavy atom. The van der Waals surface area contributed by atoms with Crippen LogP contribution >= 0.6 is 23.2 Å². The number of rotatable bonds is 13. The van der Waals surface area contributed by atoms with Gasteiger partial charge in [-0.1, -0.05) is 59.6 Å². The van der Waals surface area contributed by atoms with E-state index in [0.717, 1.165) is 34.1 Å². The zero-order chi connectivity index (χ0) is 35.1. The van der Waals surface area contributed by atoms with E-state index in [-0.39, 0.29) is 28.6 Å². The monoisotopic (exact) mass is 713 g/mol. The molecule has 4 rings (SSSR count). The molecule has 0 unspecified atom stereocenters. The van der Waals surface area contributed by atoms with E-state index in [1.807, 2.05) is 58.0 Å². The Hall–Kier alpha value is -4.12. The van der Waals surface area contributed by atoms with Crippen LogP contribution in [-0.4, -0.2) is 49.9 Å². The smallest absolute Gasteiger partial charge is 0.264 e. The number of carbonyl (C=O) groups excluding carboxylic acids is 2. The number of sulfonamides is 1. The number of hydrogen-bond acceptors (Lipinski definition) is 5. The molecule has 1 N–H and O–H groups in total. The van der Waals surface area contributed by atoms with Gasteiger partial charge < -0.3 is 15.0 Å². The van der Waals surface area contributed by atoms with Crippen LogP contribution in [0.15, 0.2) is 102 Å². The number of amides is 2. The Morgan fingerprint density at radius 1 is 0.917 bits per heavy atom. The fraction of sp³-hybridized carbons (Fsp3) is 0.278. The Labute approximate surface area is 291 Å². The van der Waals surface area contributed by atoms with Crippen LogP contribution in [0.1, 0.15) is 38.8 Å². The van der Waals surface area contributed by atoms with Gasteiger partial charge in [0, 0.05) is 28.5 Å². The standard InChI is InChI=1S/C36H38Cl2FN3O5S/c1-5-47-30-17-15-29(16-18-30)42(48(45,46)31-19-13-28(39)14-20-31)24-34(43)41(23-26-11-12-27(37)22-32(26)38)33(35(44)40-36(2,3)4)21-25-9-7-6-8-10-25/h6-20,22,33H,5,21,23-24H2,1-4H3,(H,40,44)/t33-/m1/s1. The van der Waals surface area contributed by atoms with Crippen LogP contribution in [0.3, 0.4) is 0 Å². The number of hydrogen-bond donors (Lipinski definition) is 1. The minimum Gasteiger partial charge on any atom is -0.494 e. The van der Waals surface area contributed by atoms with E-state index in [0.29, 0.717) is 22.9 Å². The van der Waals surface area contributed by atoms with Crippen molar-refractivity contribution in [1.82, 2.24) is 10.2 Å². The first kappa shape index (κ1) is 36.7. The van der Waals surface area contributed by atoms with Gasteiger partial charge in [0.25, 0.3) is 10.0 Å². The Morgan fingerprint density at radius 3 is 2.15 bits per heavy atom. The van der Waals surface area contributed by atoms with E-state index in [4.69, 9.17) is 27.9 Å². The molecule has 0 aromatic heterocycles. The van der Waals surface area contributed by atoms with Gasteiger partial charge in [0.2, 0.25) is 11.8 Å². The minimum atomic E-state index is -4.41. The van der Waals surface area contributed by atoms with Crippen molar-refractivity contribution in [3.63, 3.8) is 0 Å². The van der Waals surface area contributed by atoms with Crippen molar-refractivity contribution in [3.05, 3.63) is 124 Å². The highest BCUT2D eigenvalue weighted by Gasteiger charge is 2.36. The quantitative estimate of drug-likeness (QED) is 0.157. The molecule has 0 heterocycles. The lowest BCUT2D eigenvalue weighted by molar-refractivity contribution is -0.140. The third kappa shape index (κ3) is 9.71. The highest BCUT2D eigenvalue weighted by Crippen LogP contribution is 2.28. The highest BCUT2D eigenvalue weighted by molar-refractivity contribution is 7.92. The molecule has 0 aliphatic rings. The summed E-state index contributed by atoms with van der Waals surface area (Å²) in [6.45, 7) is 6.89. The van der Waals surface area contributed by atoms with E-state index < -0.39 is 45.8 Å². The average Bonchev–Trinajstić information content (AvgIpc) is 3.03. The van der Waals surface area contributed by atoms with Gasteiger partial charge in [-0.25, -0.2) is 12.8 Å². The molecule has 0 spiro atoms. The number of anilines is 1. The number of benzene rings is 4. The fourth-order valence-corrected chi connectivity index (χ4v) is 6.86. The molecule has 0 fully saturated rings. The molecule has 0 bridgehead atoms. The van der Waals surface area contributed by atoms with Crippen molar-refractivity contribution in [2.75, 3.05) is 17.5 Å². The molecule has 12 heteroatoms. The van der Waals surface area contributed by atoms with Gasteiger partial charge in [-0.05, 0) is 99.5 Å². The molecular weight excluding hydrogens is 676 g/mol. The summed E-state index contributed by atoms with van der Waals surface area (Å²) in [4.78, 5) is 29.7. The first-order valence-corrected chi connectivity index (χ1v) is 17.5. The molecular formula is C36H38Cl2FN3O5S. The molecule has 1 atom stereocenters. The maximum absolute atomic E-state index is 14.6. The molecule has 0 aliphatic heterocycles. The number of nitrogens with one attached hydrogen (secondary N) is 1. The molecule has 0 aliphatic carbocycles. The van der Waals surface area contributed by atoms with Crippen LogP contribution in [0.2, 0.25) is 10.0 Å². The first-order chi connectivity index (χ1) is 22.7. The van der Waals surface area contributed by atoms with E-state index in [9.17, 15) is 22.4 Å². The fourth-order valence-electron chi connectivity index (χ4n) is 4.98. The Balaban J connectivity index is 1.84. The second kappa shape index (κ2) is 15.9. The van der Waals surface area contributed by atoms with Gasteiger partial charge in [0.1, 0.15) is 24.2 Å². The molecule has 0 saturated carbocycles. The van der Waals surface area contributed by atoms with Crippen molar-refractivity contribution in [2.24, 2.45) is 0 Å². The second-order valence-electron chi connectivity index (χ2n) is 12.1. The van der Waals surface area contributed by atoms with E-state index >= 15 is 0 Å². The van der Waals surface area contributed by atoms with Gasteiger partial charge in [0.05, 0.1) is 17.2 Å². The zero-order valence-corrected chi connectivity index (χ0v) is 29.4. The SMILES string of the molecule is CCOc1ccc(N(CC(=O)N(Cc2ccc(Cl)cc2Cl)[C@H](Cc2ccccc2)C(=O)NC(C)(C)C)S(=O)(=O)c2ccc(F)cc2)cc1. The van der Waals surface area contributed by atoms with Crippen LogP contribution in [0.5, 0.6) is 5.75 Å². The third-order valence-electron chi connectivity index (χ3n) is 7.24. The van der Waals surface area contributed by atoms with Gasteiger partial charge in [0.15, 0.2) is 0 Å². The van der Waals surface area contributed by atoms with Gasteiger partial charge in [-0.2, -0.15) is 0 Å².